The molecular weight excluding hydrogens is 785 g/mol. The summed E-state index contributed by atoms with van der Waals surface area (Å²) in [5, 5.41) is 28.1. The zero-order valence-electron chi connectivity index (χ0n) is 31.6. The molecule has 7 nitrogen and oxygen atoms in total. The lowest BCUT2D eigenvalue weighted by molar-refractivity contribution is -0.142. The predicted octanol–water partition coefficient (Wildman–Crippen LogP) is 12.6. The van der Waals surface area contributed by atoms with Gasteiger partial charge >= 0.3 is 5.97 Å². The third-order valence-electron chi connectivity index (χ3n) is 9.32. The van der Waals surface area contributed by atoms with Crippen molar-refractivity contribution in [2.75, 3.05) is 18.0 Å². The van der Waals surface area contributed by atoms with Gasteiger partial charge in [0.15, 0.2) is 0 Å². The van der Waals surface area contributed by atoms with Crippen LogP contribution in [-0.2, 0) is 9.59 Å². The van der Waals surface area contributed by atoms with E-state index in [1.54, 1.807) is 28.7 Å². The van der Waals surface area contributed by atoms with Gasteiger partial charge in [-0.1, -0.05) is 48.5 Å². The SMILES string of the molecule is Cc1cc(-c2sc(-c3sc(-c4sc(-c5ccc(N(c6ccccc6)c6ccccc6)cc5)cc4C)cc3C)cc2C)sc1/C=C(\C#N)C(=O)N(CC#N)CC(=O)O. The van der Waals surface area contributed by atoms with E-state index in [0.717, 1.165) is 47.7 Å². The molecule has 0 fully saturated rings. The summed E-state index contributed by atoms with van der Waals surface area (Å²) in [4.78, 5) is 36.4. The van der Waals surface area contributed by atoms with E-state index >= 15 is 0 Å². The molecule has 57 heavy (non-hydrogen) atoms. The van der Waals surface area contributed by atoms with Gasteiger partial charge in [-0.25, -0.2) is 0 Å². The third kappa shape index (κ3) is 8.39. The number of para-hydroxylation sites is 2. The number of nitrogens with zero attached hydrogens (tertiary/aromatic N) is 4. The van der Waals surface area contributed by atoms with Crippen molar-refractivity contribution < 1.29 is 14.7 Å². The van der Waals surface area contributed by atoms with Crippen LogP contribution in [-0.4, -0.2) is 35.0 Å². The summed E-state index contributed by atoms with van der Waals surface area (Å²) in [6.45, 7) is 7.28. The smallest absolute Gasteiger partial charge is 0.323 e. The monoisotopic (exact) mass is 820 g/mol. The van der Waals surface area contributed by atoms with E-state index in [2.05, 4.69) is 123 Å². The minimum Gasteiger partial charge on any atom is -0.480 e. The Morgan fingerprint density at radius 1 is 0.632 bits per heavy atom. The van der Waals surface area contributed by atoms with Gasteiger partial charge in [-0.3, -0.25) is 9.59 Å². The molecule has 0 aliphatic carbocycles. The van der Waals surface area contributed by atoms with E-state index in [1.807, 2.05) is 36.5 Å². The topological polar surface area (TPSA) is 108 Å². The first-order valence-corrected chi connectivity index (χ1v) is 21.2. The van der Waals surface area contributed by atoms with Gasteiger partial charge in [-0.15, -0.1) is 45.3 Å². The maximum Gasteiger partial charge on any atom is 0.323 e. The van der Waals surface area contributed by atoms with Gasteiger partial charge in [-0.2, -0.15) is 10.5 Å². The number of thiophene rings is 4. The van der Waals surface area contributed by atoms with Crippen LogP contribution in [0.1, 0.15) is 27.1 Å². The van der Waals surface area contributed by atoms with Crippen molar-refractivity contribution in [1.29, 1.82) is 10.5 Å². The standard InChI is InChI=1S/C46H36N4O3S4/c1-28-21-39(54-37(28)25-33(26-48)46(53)49(20-19-47)27-42(51)52)43-30(3)23-41(56-43)45-31(4)24-40(57-45)44-29(2)22-38(55-44)32-15-17-36(18-16-32)50(34-11-7-5-8-12-34)35-13-9-6-10-14-35/h5-18,21-25H,20,27H2,1-4H3,(H,51,52)/b33-25+. The highest BCUT2D eigenvalue weighted by Crippen LogP contribution is 2.49. The number of hydrogen-bond donors (Lipinski definition) is 1. The van der Waals surface area contributed by atoms with Gasteiger partial charge in [0.1, 0.15) is 24.7 Å². The summed E-state index contributed by atoms with van der Waals surface area (Å²) in [7, 11) is 0. The van der Waals surface area contributed by atoms with Crippen molar-refractivity contribution in [3.63, 3.8) is 0 Å². The van der Waals surface area contributed by atoms with Crippen LogP contribution in [0.15, 0.2) is 115 Å². The molecule has 282 valence electrons. The molecule has 0 spiro atoms. The Morgan fingerprint density at radius 2 is 1.09 bits per heavy atom. The normalized spacial score (nSPS) is 11.2. The number of aryl methyl sites for hydroxylation is 4. The molecule has 0 saturated heterocycles. The maximum atomic E-state index is 13.0. The number of hydrogen-bond acceptors (Lipinski definition) is 9. The fourth-order valence-corrected chi connectivity index (χ4v) is 11.7. The second-order valence-electron chi connectivity index (χ2n) is 13.5. The first kappa shape index (κ1) is 39.2. The van der Waals surface area contributed by atoms with E-state index < -0.39 is 25.0 Å². The quantitative estimate of drug-likeness (QED) is 0.0747. The predicted molar refractivity (Wildman–Crippen MR) is 237 cm³/mol. The molecule has 0 unspecified atom stereocenters. The summed E-state index contributed by atoms with van der Waals surface area (Å²) in [6.07, 6.45) is 1.49. The average Bonchev–Trinajstić information content (AvgIpc) is 3.99. The minimum absolute atomic E-state index is 0.213. The lowest BCUT2D eigenvalue weighted by atomic mass is 10.1. The summed E-state index contributed by atoms with van der Waals surface area (Å²) in [5.74, 6) is -2.04. The number of carbonyl (C=O) groups excluding carboxylic acids is 1. The average molecular weight is 821 g/mol. The molecule has 4 heterocycles. The van der Waals surface area contributed by atoms with Crippen molar-refractivity contribution in [3.8, 4) is 51.8 Å². The van der Waals surface area contributed by atoms with Gasteiger partial charge in [0.05, 0.1) is 6.07 Å². The molecule has 0 atom stereocenters. The van der Waals surface area contributed by atoms with Gasteiger partial charge in [-0.05, 0) is 122 Å². The first-order valence-electron chi connectivity index (χ1n) is 18.0. The van der Waals surface area contributed by atoms with E-state index in [4.69, 9.17) is 5.26 Å². The maximum absolute atomic E-state index is 13.0. The Kier molecular flexibility index (Phi) is 11.7. The second-order valence-corrected chi connectivity index (χ2v) is 17.7. The Morgan fingerprint density at radius 3 is 1.58 bits per heavy atom. The number of carboxylic acid groups (broad SMARTS) is 1. The van der Waals surface area contributed by atoms with Gasteiger partial charge in [0, 0.05) is 56.1 Å². The molecular formula is C46H36N4O3S4. The third-order valence-corrected chi connectivity index (χ3v) is 14.8. The van der Waals surface area contributed by atoms with Gasteiger partial charge in [0.25, 0.3) is 5.91 Å². The highest BCUT2D eigenvalue weighted by molar-refractivity contribution is 7.29. The number of amides is 1. The van der Waals surface area contributed by atoms with Crippen molar-refractivity contribution in [3.05, 3.63) is 142 Å². The molecule has 0 saturated carbocycles. The van der Waals surface area contributed by atoms with E-state index in [9.17, 15) is 20.0 Å². The Balaban J connectivity index is 1.13. The zero-order valence-corrected chi connectivity index (χ0v) is 34.8. The van der Waals surface area contributed by atoms with Crippen molar-refractivity contribution in [2.45, 2.75) is 27.7 Å². The Bertz CT molecular complexity index is 2670. The molecule has 1 N–H and O–H groups in total. The molecule has 0 aliphatic heterocycles. The minimum atomic E-state index is -1.25. The summed E-state index contributed by atoms with van der Waals surface area (Å²) >= 11 is 6.82. The van der Waals surface area contributed by atoms with Crippen molar-refractivity contribution in [1.82, 2.24) is 4.90 Å². The number of rotatable bonds is 12. The molecule has 3 aromatic carbocycles. The fraction of sp³-hybridized carbons (Fsp3) is 0.130. The number of carbonyl (C=O) groups is 2. The number of aliphatic carboxylic acids is 1. The van der Waals surface area contributed by atoms with E-state index in [1.165, 1.54) is 58.5 Å². The number of nitriles is 2. The molecule has 7 rings (SSSR count). The molecule has 11 heteroatoms. The Hall–Kier alpha value is -6.08. The molecule has 0 bridgehead atoms. The first-order chi connectivity index (χ1) is 27.5. The summed E-state index contributed by atoms with van der Waals surface area (Å²) < 4.78 is 0. The number of benzene rings is 3. The van der Waals surface area contributed by atoms with E-state index in [-0.39, 0.29) is 5.57 Å². The zero-order chi connectivity index (χ0) is 40.2. The number of anilines is 3. The largest absolute Gasteiger partial charge is 0.480 e. The highest BCUT2D eigenvalue weighted by Gasteiger charge is 2.23. The Labute approximate surface area is 347 Å². The van der Waals surface area contributed by atoms with Crippen LogP contribution < -0.4 is 4.90 Å². The van der Waals surface area contributed by atoms with Crippen LogP contribution in [0.4, 0.5) is 17.1 Å². The lowest BCUT2D eigenvalue weighted by Crippen LogP contribution is -2.36. The van der Waals surface area contributed by atoms with E-state index in [0.29, 0.717) is 0 Å². The second kappa shape index (κ2) is 17.0. The van der Waals surface area contributed by atoms with Crippen LogP contribution in [0.5, 0.6) is 0 Å². The summed E-state index contributed by atoms with van der Waals surface area (Å²) in [6, 6.07) is 42.2. The van der Waals surface area contributed by atoms with Crippen molar-refractivity contribution in [2.24, 2.45) is 0 Å². The highest BCUT2D eigenvalue weighted by atomic mass is 32.1. The fourth-order valence-electron chi connectivity index (χ4n) is 6.57. The van der Waals surface area contributed by atoms with Crippen molar-refractivity contribution >= 4 is 80.4 Å². The van der Waals surface area contributed by atoms with Crippen LogP contribution in [0, 0.1) is 50.4 Å². The molecule has 1 amide bonds. The van der Waals surface area contributed by atoms with Crippen LogP contribution in [0.25, 0.3) is 45.8 Å². The van der Waals surface area contributed by atoms with Crippen LogP contribution in [0.3, 0.4) is 0 Å². The summed E-state index contributed by atoms with van der Waals surface area (Å²) in [5.41, 5.74) is 8.76. The molecule has 0 radical (unpaired) electrons. The molecule has 7 aromatic rings. The van der Waals surface area contributed by atoms with Gasteiger partial charge in [0.2, 0.25) is 0 Å². The number of carboxylic acids is 1. The molecule has 0 aliphatic rings. The van der Waals surface area contributed by atoms with Gasteiger partial charge < -0.3 is 14.9 Å². The molecule has 4 aromatic heterocycles. The lowest BCUT2D eigenvalue weighted by Gasteiger charge is -2.25. The van der Waals surface area contributed by atoms with Crippen LogP contribution >= 0.6 is 45.3 Å². The van der Waals surface area contributed by atoms with Crippen LogP contribution in [0.2, 0.25) is 0 Å².